The molecule has 0 amide bonds. The first-order chi connectivity index (χ1) is 7.79. The highest BCUT2D eigenvalue weighted by Crippen LogP contribution is 2.37. The molecule has 10 heteroatoms. The molecule has 0 bridgehead atoms. The Kier molecular flexibility index (Phi) is 13.3. The summed E-state index contributed by atoms with van der Waals surface area (Å²) < 4.78 is 28.3. The smallest absolute Gasteiger partial charge is 0.318 e. The Bertz CT molecular complexity index is 294. The lowest BCUT2D eigenvalue weighted by Crippen LogP contribution is -2.02. The maximum Gasteiger partial charge on any atom is 0.318 e. The van der Waals surface area contributed by atoms with Crippen molar-refractivity contribution >= 4 is 41.8 Å². The van der Waals surface area contributed by atoms with Crippen LogP contribution in [0.2, 0.25) is 0 Å². The number of rotatable bonds is 6. The van der Waals surface area contributed by atoms with Crippen LogP contribution >= 0.6 is 31.0 Å². The van der Waals surface area contributed by atoms with Gasteiger partial charge < -0.3 is 19.0 Å². The molecule has 2 atom stereocenters. The Morgan fingerprint density at radius 1 is 1.59 bits per heavy atom. The number of halogens is 2. The van der Waals surface area contributed by atoms with Crippen LogP contribution in [0.3, 0.4) is 0 Å². The summed E-state index contributed by atoms with van der Waals surface area (Å²) in [5.74, 6) is 1.08. The molecule has 0 aromatic rings. The molecule has 0 saturated heterocycles. The van der Waals surface area contributed by atoms with Gasteiger partial charge in [-0.05, 0) is 0 Å². The van der Waals surface area contributed by atoms with Gasteiger partial charge in [0.15, 0.2) is 0 Å². The molecule has 0 spiro atoms. The highest BCUT2D eigenvalue weighted by atomic mass is 35.5. The molecule has 0 heterocycles. The minimum absolute atomic E-state index is 0.0421. The standard InChI is InChI=1S/C4H10O2S.C3H5Cl2O4P/c1-2-7(6)4-3-5;1-8-10(6,7)9-2-3(4)5/h5H,2-4H2,1H3;2H,1H3,(H,6,7)/p-1. The summed E-state index contributed by atoms with van der Waals surface area (Å²) in [4.78, 5) is 10.3. The monoisotopic (exact) mass is 327 g/mol. The summed E-state index contributed by atoms with van der Waals surface area (Å²) >= 11 is 10.1. The van der Waals surface area contributed by atoms with Gasteiger partial charge >= 0.3 is 7.82 Å². The normalized spacial score (nSPS) is 14.9. The molecule has 0 fully saturated rings. The van der Waals surface area contributed by atoms with E-state index in [1.54, 1.807) is 0 Å². The molecule has 6 nitrogen and oxygen atoms in total. The van der Waals surface area contributed by atoms with Gasteiger partial charge in [-0.1, -0.05) is 30.1 Å². The van der Waals surface area contributed by atoms with Gasteiger partial charge in [-0.2, -0.15) is 0 Å². The second-order valence-electron chi connectivity index (χ2n) is 2.30. The van der Waals surface area contributed by atoms with Crippen molar-refractivity contribution < 1.29 is 27.8 Å². The molecule has 0 aliphatic carbocycles. The van der Waals surface area contributed by atoms with Crippen LogP contribution in [0.25, 0.3) is 0 Å². The van der Waals surface area contributed by atoms with E-state index in [9.17, 15) is 13.7 Å². The van der Waals surface area contributed by atoms with Crippen molar-refractivity contribution in [1.29, 1.82) is 0 Å². The summed E-state index contributed by atoms with van der Waals surface area (Å²) in [6, 6.07) is 0. The quantitative estimate of drug-likeness (QED) is 0.580. The largest absolute Gasteiger partial charge is 0.746 e. The van der Waals surface area contributed by atoms with Crippen molar-refractivity contribution in [2.24, 2.45) is 0 Å². The van der Waals surface area contributed by atoms with Gasteiger partial charge in [0.05, 0.1) is 6.61 Å². The number of phosphoric acid groups is 1. The average molecular weight is 328 g/mol. The van der Waals surface area contributed by atoms with Crippen LogP contribution < -0.4 is 4.89 Å². The molecule has 0 radical (unpaired) electrons. The molecular formula is C7H14Cl2O6PS-. The fourth-order valence-electron chi connectivity index (χ4n) is 0.394. The SMILES string of the molecule is CCS(=O)CCO.COP(=O)([O-])OC=C(Cl)Cl. The van der Waals surface area contributed by atoms with Crippen LogP contribution in [0.1, 0.15) is 6.92 Å². The number of phosphoric ester groups is 1. The molecule has 0 rings (SSSR count). The van der Waals surface area contributed by atoms with Gasteiger partial charge in [-0.15, -0.1) is 0 Å². The van der Waals surface area contributed by atoms with E-state index in [1.807, 2.05) is 6.92 Å². The molecule has 2 unspecified atom stereocenters. The second kappa shape index (κ2) is 11.5. The average Bonchev–Trinajstić information content (AvgIpc) is 2.28. The number of hydrogen-bond donors (Lipinski definition) is 1. The zero-order valence-corrected chi connectivity index (χ0v) is 12.5. The predicted molar refractivity (Wildman–Crippen MR) is 66.1 cm³/mol. The van der Waals surface area contributed by atoms with Crippen LogP contribution in [-0.4, -0.2) is 34.5 Å². The summed E-state index contributed by atoms with van der Waals surface area (Å²) in [5, 5.41) is 8.17. The zero-order valence-electron chi connectivity index (χ0n) is 9.30. The lowest BCUT2D eigenvalue weighted by atomic mass is 10.9. The minimum Gasteiger partial charge on any atom is -0.746 e. The minimum atomic E-state index is -4.22. The van der Waals surface area contributed by atoms with E-state index in [1.165, 1.54) is 0 Å². The molecule has 0 aromatic carbocycles. The van der Waals surface area contributed by atoms with Crippen LogP contribution in [0.4, 0.5) is 0 Å². The molecular weight excluding hydrogens is 314 g/mol. The van der Waals surface area contributed by atoms with Gasteiger partial charge in [-0.3, -0.25) is 8.77 Å². The first kappa shape index (κ1) is 19.7. The highest BCUT2D eigenvalue weighted by molar-refractivity contribution is 7.84. The van der Waals surface area contributed by atoms with Gasteiger partial charge in [-0.25, -0.2) is 0 Å². The van der Waals surface area contributed by atoms with E-state index < -0.39 is 18.6 Å². The predicted octanol–water partition coefficient (Wildman–Crippen LogP) is 1.14. The van der Waals surface area contributed by atoms with Gasteiger partial charge in [0.1, 0.15) is 10.8 Å². The Labute approximate surface area is 113 Å². The number of aliphatic hydroxyl groups excluding tert-OH is 1. The van der Waals surface area contributed by atoms with Crippen LogP contribution in [-0.2, 0) is 24.4 Å². The van der Waals surface area contributed by atoms with E-state index >= 15 is 0 Å². The Morgan fingerprint density at radius 2 is 2.12 bits per heavy atom. The molecule has 104 valence electrons. The van der Waals surface area contributed by atoms with E-state index in [0.29, 0.717) is 17.8 Å². The van der Waals surface area contributed by atoms with E-state index in [2.05, 4.69) is 9.05 Å². The molecule has 0 aliphatic rings. The number of hydrogen-bond acceptors (Lipinski definition) is 6. The van der Waals surface area contributed by atoms with Crippen molar-refractivity contribution in [2.45, 2.75) is 6.92 Å². The summed E-state index contributed by atoms with van der Waals surface area (Å²) in [5.41, 5.74) is 0. The zero-order chi connectivity index (χ0) is 13.9. The van der Waals surface area contributed by atoms with E-state index in [-0.39, 0.29) is 11.1 Å². The van der Waals surface area contributed by atoms with E-state index in [4.69, 9.17) is 28.3 Å². The Balaban J connectivity index is 0. The fraction of sp³-hybridized carbons (Fsp3) is 0.714. The van der Waals surface area contributed by atoms with E-state index in [0.717, 1.165) is 7.11 Å². The third-order valence-corrected chi connectivity index (χ3v) is 3.41. The van der Waals surface area contributed by atoms with Crippen LogP contribution in [0.15, 0.2) is 10.8 Å². The maximum atomic E-state index is 10.4. The maximum absolute atomic E-state index is 10.4. The second-order valence-corrected chi connectivity index (χ2v) is 6.64. The first-order valence-electron chi connectivity index (χ1n) is 4.31. The van der Waals surface area contributed by atoms with Gasteiger partial charge in [0.2, 0.25) is 0 Å². The molecule has 1 N–H and O–H groups in total. The summed E-state index contributed by atoms with van der Waals surface area (Å²) in [6.07, 6.45) is 0.653. The van der Waals surface area contributed by atoms with Crippen molar-refractivity contribution in [2.75, 3.05) is 25.2 Å². The molecule has 0 aromatic heterocycles. The molecule has 0 aliphatic heterocycles. The Morgan fingerprint density at radius 3 is 2.35 bits per heavy atom. The third kappa shape index (κ3) is 16.4. The topological polar surface area (TPSA) is 95.9 Å². The summed E-state index contributed by atoms with van der Waals surface area (Å²) in [6.45, 7) is 1.88. The summed E-state index contributed by atoms with van der Waals surface area (Å²) in [7, 11) is -4.04. The highest BCUT2D eigenvalue weighted by Gasteiger charge is 2.03. The number of aliphatic hydroxyl groups is 1. The van der Waals surface area contributed by atoms with Crippen molar-refractivity contribution in [3.8, 4) is 0 Å². The molecule has 17 heavy (non-hydrogen) atoms. The first-order valence-corrected chi connectivity index (χ1v) is 8.01. The van der Waals surface area contributed by atoms with Crippen molar-refractivity contribution in [3.05, 3.63) is 10.8 Å². The lowest BCUT2D eigenvalue weighted by Gasteiger charge is -2.17. The van der Waals surface area contributed by atoms with Crippen molar-refractivity contribution in [1.82, 2.24) is 0 Å². The van der Waals surface area contributed by atoms with Crippen LogP contribution in [0, 0.1) is 0 Å². The van der Waals surface area contributed by atoms with Crippen molar-refractivity contribution in [3.63, 3.8) is 0 Å². The third-order valence-electron chi connectivity index (χ3n) is 1.14. The lowest BCUT2D eigenvalue weighted by molar-refractivity contribution is -0.218. The van der Waals surface area contributed by atoms with Gasteiger partial charge in [0, 0.05) is 29.4 Å². The molecule has 0 saturated carbocycles. The van der Waals surface area contributed by atoms with Gasteiger partial charge in [0.25, 0.3) is 0 Å². The Hall–Kier alpha value is 0.380. The van der Waals surface area contributed by atoms with Crippen LogP contribution in [0.5, 0.6) is 0 Å². The fourth-order valence-corrected chi connectivity index (χ4v) is 1.42.